The second kappa shape index (κ2) is 4.40. The Morgan fingerprint density at radius 2 is 2.23 bits per heavy atom. The number of rotatable bonds is 5. The first-order valence-corrected chi connectivity index (χ1v) is 5.36. The van der Waals surface area contributed by atoms with Crippen molar-refractivity contribution in [1.29, 1.82) is 0 Å². The van der Waals surface area contributed by atoms with Gasteiger partial charge in [0.05, 0.1) is 12.2 Å². The fourth-order valence-corrected chi connectivity index (χ4v) is 1.85. The zero-order valence-electron chi connectivity index (χ0n) is 8.04. The highest BCUT2D eigenvalue weighted by molar-refractivity contribution is 4.82. The van der Waals surface area contributed by atoms with Gasteiger partial charge in [-0.1, -0.05) is 0 Å². The average Bonchev–Trinajstić information content (AvgIpc) is 2.86. The molecule has 76 valence electrons. The quantitative estimate of drug-likeness (QED) is 0.656. The van der Waals surface area contributed by atoms with Crippen LogP contribution in [0.3, 0.4) is 0 Å². The minimum absolute atomic E-state index is 0.124. The van der Waals surface area contributed by atoms with Crippen LogP contribution in [0, 0.1) is 5.92 Å². The van der Waals surface area contributed by atoms with Crippen LogP contribution in [0.1, 0.15) is 25.7 Å². The number of ether oxygens (including phenoxy) is 1. The van der Waals surface area contributed by atoms with Gasteiger partial charge in [-0.05, 0) is 31.6 Å². The van der Waals surface area contributed by atoms with Gasteiger partial charge in [0.1, 0.15) is 0 Å². The maximum atomic E-state index is 9.56. The monoisotopic (exact) mass is 185 g/mol. The lowest BCUT2D eigenvalue weighted by atomic mass is 10.2. The summed E-state index contributed by atoms with van der Waals surface area (Å²) in [5.74, 6) is 0.581. The molecule has 0 aromatic heterocycles. The van der Waals surface area contributed by atoms with Gasteiger partial charge < -0.3 is 15.2 Å². The van der Waals surface area contributed by atoms with E-state index in [1.54, 1.807) is 0 Å². The van der Waals surface area contributed by atoms with Crippen LogP contribution in [0.15, 0.2) is 0 Å². The van der Waals surface area contributed by atoms with Crippen molar-refractivity contribution in [2.45, 2.75) is 37.9 Å². The van der Waals surface area contributed by atoms with Gasteiger partial charge >= 0.3 is 0 Å². The molecule has 2 rings (SSSR count). The first kappa shape index (κ1) is 9.44. The summed E-state index contributed by atoms with van der Waals surface area (Å²) >= 11 is 0. The third-order valence-electron chi connectivity index (χ3n) is 2.92. The Morgan fingerprint density at radius 3 is 2.85 bits per heavy atom. The molecule has 0 spiro atoms. The topological polar surface area (TPSA) is 41.5 Å². The molecule has 3 heteroatoms. The summed E-state index contributed by atoms with van der Waals surface area (Å²) in [4.78, 5) is 0. The van der Waals surface area contributed by atoms with Crippen LogP contribution in [0.25, 0.3) is 0 Å². The minimum atomic E-state index is -0.124. The molecule has 1 heterocycles. The second-order valence-corrected chi connectivity index (χ2v) is 4.20. The highest BCUT2D eigenvalue weighted by Crippen LogP contribution is 2.32. The van der Waals surface area contributed by atoms with Crippen molar-refractivity contribution < 1.29 is 9.84 Å². The normalized spacial score (nSPS) is 30.7. The molecule has 0 aromatic carbocycles. The molecule has 13 heavy (non-hydrogen) atoms. The Balaban J connectivity index is 1.52. The van der Waals surface area contributed by atoms with Crippen LogP contribution in [-0.4, -0.2) is 37.0 Å². The van der Waals surface area contributed by atoms with Gasteiger partial charge in [0.15, 0.2) is 0 Å². The van der Waals surface area contributed by atoms with Gasteiger partial charge in [-0.25, -0.2) is 0 Å². The molecular weight excluding hydrogens is 166 g/mol. The number of hydrogen-bond acceptors (Lipinski definition) is 3. The SMILES string of the molecule is OC(CNCC1CCCO1)C1CC1. The van der Waals surface area contributed by atoms with E-state index < -0.39 is 0 Å². The number of aliphatic hydroxyl groups excluding tert-OH is 1. The Kier molecular flexibility index (Phi) is 3.19. The largest absolute Gasteiger partial charge is 0.392 e. The van der Waals surface area contributed by atoms with E-state index in [2.05, 4.69) is 5.32 Å². The minimum Gasteiger partial charge on any atom is -0.392 e. The number of hydrogen-bond donors (Lipinski definition) is 2. The number of nitrogens with one attached hydrogen (secondary N) is 1. The first-order valence-electron chi connectivity index (χ1n) is 5.36. The predicted molar refractivity (Wildman–Crippen MR) is 50.6 cm³/mol. The molecule has 1 aliphatic heterocycles. The van der Waals surface area contributed by atoms with Gasteiger partial charge in [-0.3, -0.25) is 0 Å². The molecule has 0 amide bonds. The van der Waals surface area contributed by atoms with E-state index in [0.717, 1.165) is 19.7 Å². The summed E-state index contributed by atoms with van der Waals surface area (Å²) in [6.45, 7) is 2.56. The molecule has 1 saturated carbocycles. The summed E-state index contributed by atoms with van der Waals surface area (Å²) in [5, 5.41) is 12.8. The molecular formula is C10H19NO2. The van der Waals surface area contributed by atoms with Crippen molar-refractivity contribution >= 4 is 0 Å². The summed E-state index contributed by atoms with van der Waals surface area (Å²) in [6.07, 6.45) is 5.06. The van der Waals surface area contributed by atoms with E-state index in [9.17, 15) is 5.11 Å². The molecule has 2 fully saturated rings. The standard InChI is InChI=1S/C10H19NO2/c12-10(8-3-4-8)7-11-6-9-2-1-5-13-9/h8-12H,1-7H2. The molecule has 0 bridgehead atoms. The van der Waals surface area contributed by atoms with Crippen LogP contribution in [0.4, 0.5) is 0 Å². The summed E-state index contributed by atoms with van der Waals surface area (Å²) < 4.78 is 5.47. The lowest BCUT2D eigenvalue weighted by Gasteiger charge is -2.13. The van der Waals surface area contributed by atoms with Crippen LogP contribution in [-0.2, 0) is 4.74 Å². The molecule has 0 aromatic rings. The van der Waals surface area contributed by atoms with E-state index in [1.165, 1.54) is 25.7 Å². The zero-order chi connectivity index (χ0) is 9.10. The van der Waals surface area contributed by atoms with Crippen molar-refractivity contribution in [3.05, 3.63) is 0 Å². The molecule has 1 saturated heterocycles. The third kappa shape index (κ3) is 2.93. The van der Waals surface area contributed by atoms with E-state index in [-0.39, 0.29) is 6.10 Å². The summed E-state index contributed by atoms with van der Waals surface area (Å²) in [7, 11) is 0. The number of aliphatic hydroxyl groups is 1. The van der Waals surface area contributed by atoms with Gasteiger partial charge in [0.2, 0.25) is 0 Å². The molecule has 2 unspecified atom stereocenters. The van der Waals surface area contributed by atoms with E-state index in [0.29, 0.717) is 12.0 Å². The lowest BCUT2D eigenvalue weighted by molar-refractivity contribution is 0.100. The Labute approximate surface area is 79.5 Å². The highest BCUT2D eigenvalue weighted by atomic mass is 16.5. The van der Waals surface area contributed by atoms with Gasteiger partial charge in [0.25, 0.3) is 0 Å². The van der Waals surface area contributed by atoms with Gasteiger partial charge in [0, 0.05) is 19.7 Å². The van der Waals surface area contributed by atoms with E-state index in [1.807, 2.05) is 0 Å². The first-order chi connectivity index (χ1) is 6.36. The van der Waals surface area contributed by atoms with Crippen molar-refractivity contribution in [2.75, 3.05) is 19.7 Å². The Bertz CT molecular complexity index is 151. The Hall–Kier alpha value is -0.120. The lowest BCUT2D eigenvalue weighted by Crippen LogP contribution is -2.33. The fourth-order valence-electron chi connectivity index (χ4n) is 1.85. The molecule has 3 nitrogen and oxygen atoms in total. The highest BCUT2D eigenvalue weighted by Gasteiger charge is 2.29. The zero-order valence-corrected chi connectivity index (χ0v) is 8.04. The predicted octanol–water partition coefficient (Wildman–Crippen LogP) is 0.526. The van der Waals surface area contributed by atoms with E-state index >= 15 is 0 Å². The van der Waals surface area contributed by atoms with Crippen LogP contribution < -0.4 is 5.32 Å². The van der Waals surface area contributed by atoms with Gasteiger partial charge in [-0.2, -0.15) is 0 Å². The van der Waals surface area contributed by atoms with Crippen molar-refractivity contribution in [1.82, 2.24) is 5.32 Å². The van der Waals surface area contributed by atoms with Crippen LogP contribution in [0.5, 0.6) is 0 Å². The smallest absolute Gasteiger partial charge is 0.0700 e. The molecule has 2 aliphatic rings. The summed E-state index contributed by atoms with van der Waals surface area (Å²) in [5.41, 5.74) is 0. The van der Waals surface area contributed by atoms with Gasteiger partial charge in [-0.15, -0.1) is 0 Å². The average molecular weight is 185 g/mol. The van der Waals surface area contributed by atoms with Crippen molar-refractivity contribution in [2.24, 2.45) is 5.92 Å². The summed E-state index contributed by atoms with van der Waals surface area (Å²) in [6, 6.07) is 0. The Morgan fingerprint density at radius 1 is 1.38 bits per heavy atom. The second-order valence-electron chi connectivity index (χ2n) is 4.20. The van der Waals surface area contributed by atoms with Crippen molar-refractivity contribution in [3.63, 3.8) is 0 Å². The fraction of sp³-hybridized carbons (Fsp3) is 1.00. The molecule has 0 radical (unpaired) electrons. The van der Waals surface area contributed by atoms with Crippen LogP contribution >= 0.6 is 0 Å². The van der Waals surface area contributed by atoms with Crippen molar-refractivity contribution in [3.8, 4) is 0 Å². The maximum absolute atomic E-state index is 9.56. The molecule has 2 N–H and O–H groups in total. The third-order valence-corrected chi connectivity index (χ3v) is 2.92. The van der Waals surface area contributed by atoms with E-state index in [4.69, 9.17) is 4.74 Å². The maximum Gasteiger partial charge on any atom is 0.0700 e. The molecule has 2 atom stereocenters. The molecule has 1 aliphatic carbocycles. The van der Waals surface area contributed by atoms with Crippen LogP contribution in [0.2, 0.25) is 0 Å².